The minimum Gasteiger partial charge on any atom is -0.497 e. The van der Waals surface area contributed by atoms with Gasteiger partial charge in [0.05, 0.1) is 12.8 Å². The quantitative estimate of drug-likeness (QED) is 0.642. The van der Waals surface area contributed by atoms with Crippen molar-refractivity contribution in [2.45, 2.75) is 0 Å². The van der Waals surface area contributed by atoms with E-state index in [1.165, 1.54) is 4.90 Å². The molecule has 0 bridgehead atoms. The number of nitrogens with zero attached hydrogens (tertiary/aromatic N) is 1. The Hall–Kier alpha value is -2.18. The molecule has 0 unspecified atom stereocenters. The summed E-state index contributed by atoms with van der Waals surface area (Å²) >= 11 is 8.69. The lowest BCUT2D eigenvalue weighted by atomic mass is 10.2. The van der Waals surface area contributed by atoms with Gasteiger partial charge in [-0.25, -0.2) is 0 Å². The van der Waals surface area contributed by atoms with E-state index in [1.54, 1.807) is 19.3 Å². The molecule has 6 heteroatoms. The van der Waals surface area contributed by atoms with Gasteiger partial charge in [0.25, 0.3) is 5.91 Å². The summed E-state index contributed by atoms with van der Waals surface area (Å²) in [6, 6.07) is 14.9. The van der Waals surface area contributed by atoms with Gasteiger partial charge in [-0.2, -0.15) is 0 Å². The maximum atomic E-state index is 12.6. The maximum Gasteiger partial charge on any atom is 0.281 e. The molecular weight excluding hydrogens is 376 g/mol. The number of rotatable bonds is 3. The Kier molecular flexibility index (Phi) is 4.45. The molecule has 1 N–H and O–H groups in total. The molecule has 2 aromatic rings. The second kappa shape index (κ2) is 6.52. The molecule has 1 aliphatic heterocycles. The summed E-state index contributed by atoms with van der Waals surface area (Å²) in [5.74, 6) is 0.481. The molecule has 4 nitrogen and oxygen atoms in total. The molecule has 116 valence electrons. The van der Waals surface area contributed by atoms with Crippen LogP contribution in [0.1, 0.15) is 5.56 Å². The van der Waals surface area contributed by atoms with Crippen LogP contribution in [0, 0.1) is 0 Å². The summed E-state index contributed by atoms with van der Waals surface area (Å²) < 4.78 is 6.18. The molecule has 1 amide bonds. The number of amides is 1. The molecule has 0 saturated carbocycles. The minimum atomic E-state index is -0.189. The number of methoxy groups -OCH3 is 1. The molecule has 1 aliphatic rings. The number of carbonyl (C=O) groups excluding carboxylic acids is 1. The first-order chi connectivity index (χ1) is 11.1. The monoisotopic (exact) mass is 388 g/mol. The molecule has 1 fully saturated rings. The highest BCUT2D eigenvalue weighted by Crippen LogP contribution is 2.26. The van der Waals surface area contributed by atoms with Crippen molar-refractivity contribution in [1.29, 1.82) is 0 Å². The summed E-state index contributed by atoms with van der Waals surface area (Å²) in [5.41, 5.74) is 2.03. The van der Waals surface area contributed by atoms with Crippen LogP contribution in [0.5, 0.6) is 5.75 Å². The third kappa shape index (κ3) is 3.28. The van der Waals surface area contributed by atoms with E-state index in [-0.39, 0.29) is 5.91 Å². The van der Waals surface area contributed by atoms with E-state index in [4.69, 9.17) is 17.0 Å². The smallest absolute Gasteiger partial charge is 0.281 e. The molecule has 1 saturated heterocycles. The van der Waals surface area contributed by atoms with Gasteiger partial charge in [0.2, 0.25) is 0 Å². The Bertz CT molecular complexity index is 802. The fourth-order valence-electron chi connectivity index (χ4n) is 2.24. The highest BCUT2D eigenvalue weighted by atomic mass is 79.9. The predicted octanol–water partition coefficient (Wildman–Crippen LogP) is 3.72. The summed E-state index contributed by atoms with van der Waals surface area (Å²) in [7, 11) is 1.58. The van der Waals surface area contributed by atoms with E-state index in [0.29, 0.717) is 22.2 Å². The van der Waals surface area contributed by atoms with Crippen LogP contribution in [0.4, 0.5) is 5.69 Å². The first-order valence-corrected chi connectivity index (χ1v) is 8.05. The van der Waals surface area contributed by atoms with Gasteiger partial charge in [-0.1, -0.05) is 34.1 Å². The zero-order valence-corrected chi connectivity index (χ0v) is 14.6. The van der Waals surface area contributed by atoms with Gasteiger partial charge in [-0.3, -0.25) is 9.69 Å². The average molecular weight is 389 g/mol. The Balaban J connectivity index is 1.91. The van der Waals surface area contributed by atoms with Crippen molar-refractivity contribution in [2.75, 3.05) is 12.0 Å². The van der Waals surface area contributed by atoms with Gasteiger partial charge in [-0.05, 0) is 48.1 Å². The molecular formula is C17H13BrN2O2S. The van der Waals surface area contributed by atoms with E-state index in [9.17, 15) is 4.79 Å². The summed E-state index contributed by atoms with van der Waals surface area (Å²) in [4.78, 5) is 14.1. The minimum absolute atomic E-state index is 0.189. The molecule has 0 aromatic heterocycles. The molecule has 0 radical (unpaired) electrons. The van der Waals surface area contributed by atoms with Crippen molar-refractivity contribution in [3.63, 3.8) is 0 Å². The van der Waals surface area contributed by atoms with Crippen LogP contribution in [0.3, 0.4) is 0 Å². The number of hydrogen-bond donors (Lipinski definition) is 1. The van der Waals surface area contributed by atoms with Crippen molar-refractivity contribution in [3.05, 3.63) is 64.3 Å². The highest BCUT2D eigenvalue weighted by molar-refractivity contribution is 9.10. The first-order valence-electron chi connectivity index (χ1n) is 6.85. The first kappa shape index (κ1) is 15.7. The third-order valence-electron chi connectivity index (χ3n) is 3.37. The zero-order valence-electron chi connectivity index (χ0n) is 12.2. The second-order valence-electron chi connectivity index (χ2n) is 4.88. The molecule has 0 spiro atoms. The second-order valence-corrected chi connectivity index (χ2v) is 6.18. The molecule has 2 aromatic carbocycles. The molecule has 0 atom stereocenters. The Morgan fingerprint density at radius 3 is 2.65 bits per heavy atom. The summed E-state index contributed by atoms with van der Waals surface area (Å²) in [6.07, 6.45) is 1.78. The van der Waals surface area contributed by atoms with Gasteiger partial charge in [0.1, 0.15) is 11.4 Å². The Morgan fingerprint density at radius 2 is 1.96 bits per heavy atom. The molecule has 23 heavy (non-hydrogen) atoms. The number of thiocarbonyl (C=S) groups is 1. The number of hydrogen-bond acceptors (Lipinski definition) is 3. The van der Waals surface area contributed by atoms with Crippen LogP contribution in [0.2, 0.25) is 0 Å². The van der Waals surface area contributed by atoms with E-state index in [2.05, 4.69) is 21.2 Å². The fourth-order valence-corrected chi connectivity index (χ4v) is 2.81. The van der Waals surface area contributed by atoms with Crippen molar-refractivity contribution in [3.8, 4) is 5.75 Å². The van der Waals surface area contributed by atoms with Crippen molar-refractivity contribution >= 4 is 50.9 Å². The van der Waals surface area contributed by atoms with Crippen molar-refractivity contribution in [1.82, 2.24) is 5.32 Å². The van der Waals surface area contributed by atoms with Gasteiger partial charge < -0.3 is 10.1 Å². The number of anilines is 1. The van der Waals surface area contributed by atoms with Crippen molar-refractivity contribution < 1.29 is 9.53 Å². The lowest BCUT2D eigenvalue weighted by Gasteiger charge is -2.14. The average Bonchev–Trinajstić information content (AvgIpc) is 2.83. The van der Waals surface area contributed by atoms with Crippen LogP contribution in [-0.4, -0.2) is 18.1 Å². The van der Waals surface area contributed by atoms with Crippen LogP contribution in [0.15, 0.2) is 58.7 Å². The van der Waals surface area contributed by atoms with E-state index in [1.807, 2.05) is 42.5 Å². The van der Waals surface area contributed by atoms with Crippen LogP contribution < -0.4 is 15.0 Å². The van der Waals surface area contributed by atoms with Crippen LogP contribution in [-0.2, 0) is 4.79 Å². The number of ether oxygens (including phenoxy) is 1. The molecule has 0 aliphatic carbocycles. The Morgan fingerprint density at radius 1 is 1.22 bits per heavy atom. The summed E-state index contributed by atoms with van der Waals surface area (Å²) in [6.45, 7) is 0. The highest BCUT2D eigenvalue weighted by Gasteiger charge is 2.32. The number of benzene rings is 2. The van der Waals surface area contributed by atoms with Crippen molar-refractivity contribution in [2.24, 2.45) is 0 Å². The van der Waals surface area contributed by atoms with Crippen LogP contribution in [0.25, 0.3) is 6.08 Å². The zero-order chi connectivity index (χ0) is 16.4. The number of carbonyl (C=O) groups is 1. The SMILES string of the molecule is COc1cccc(N2C(=O)/C(=C/c3ccc(Br)cc3)NC2=S)c1. The number of halogens is 1. The van der Waals surface area contributed by atoms with Gasteiger partial charge >= 0.3 is 0 Å². The molecule has 1 heterocycles. The van der Waals surface area contributed by atoms with E-state index in [0.717, 1.165) is 10.0 Å². The van der Waals surface area contributed by atoms with Gasteiger partial charge in [-0.15, -0.1) is 0 Å². The third-order valence-corrected chi connectivity index (χ3v) is 4.18. The number of nitrogens with one attached hydrogen (secondary N) is 1. The predicted molar refractivity (Wildman–Crippen MR) is 98.3 cm³/mol. The molecule has 3 rings (SSSR count). The lowest BCUT2D eigenvalue weighted by molar-refractivity contribution is -0.113. The largest absolute Gasteiger partial charge is 0.497 e. The summed E-state index contributed by atoms with van der Waals surface area (Å²) in [5, 5.41) is 3.32. The lowest BCUT2D eigenvalue weighted by Crippen LogP contribution is -2.30. The standard InChI is InChI=1S/C17H13BrN2O2S/c1-22-14-4-2-3-13(10-14)20-16(21)15(19-17(20)23)9-11-5-7-12(18)8-6-11/h2-10H,1H3,(H,19,23)/b15-9-. The van der Waals surface area contributed by atoms with Gasteiger partial charge in [0, 0.05) is 10.5 Å². The maximum absolute atomic E-state index is 12.6. The van der Waals surface area contributed by atoms with E-state index < -0.39 is 0 Å². The Labute approximate surface area is 147 Å². The topological polar surface area (TPSA) is 41.6 Å². The van der Waals surface area contributed by atoms with Gasteiger partial charge in [0.15, 0.2) is 5.11 Å². The normalized spacial score (nSPS) is 15.9. The fraction of sp³-hybridized carbons (Fsp3) is 0.0588. The van der Waals surface area contributed by atoms with E-state index >= 15 is 0 Å². The van der Waals surface area contributed by atoms with Crippen LogP contribution >= 0.6 is 28.1 Å².